The summed E-state index contributed by atoms with van der Waals surface area (Å²) in [5.41, 5.74) is 1.21. The Morgan fingerprint density at radius 2 is 1.92 bits per heavy atom. The Morgan fingerprint density at radius 3 is 2.77 bits per heavy atom. The van der Waals surface area contributed by atoms with E-state index < -0.39 is 12.6 Å². The summed E-state index contributed by atoms with van der Waals surface area (Å²) < 4.78 is 16.5. The number of rotatable bonds is 6. The Labute approximate surface area is 150 Å². The molecule has 136 valence electrons. The molecule has 1 aliphatic heterocycles. The standard InChI is InChI=1S/C19H19NO6/c21-17(22)12-26-15-6-1-4-13(10-15)19(23)20-11-14-5-2-7-16-18(14)25-9-3-8-24-16/h1-2,4-7,10H,3,8-9,11-12H2,(H,20,23)(H,21,22). The molecule has 0 atom stereocenters. The van der Waals surface area contributed by atoms with E-state index >= 15 is 0 Å². The van der Waals surface area contributed by atoms with Gasteiger partial charge in [-0.1, -0.05) is 18.2 Å². The summed E-state index contributed by atoms with van der Waals surface area (Å²) in [7, 11) is 0. The number of carbonyl (C=O) groups excluding carboxylic acids is 1. The number of hydrogen-bond acceptors (Lipinski definition) is 5. The van der Waals surface area contributed by atoms with Gasteiger partial charge < -0.3 is 24.6 Å². The molecule has 1 amide bonds. The Bertz CT molecular complexity index is 804. The Morgan fingerprint density at radius 1 is 1.12 bits per heavy atom. The van der Waals surface area contributed by atoms with Gasteiger partial charge in [-0.25, -0.2) is 4.79 Å². The predicted molar refractivity (Wildman–Crippen MR) is 92.8 cm³/mol. The molecule has 0 saturated heterocycles. The van der Waals surface area contributed by atoms with Gasteiger partial charge in [0.1, 0.15) is 5.75 Å². The van der Waals surface area contributed by atoms with Crippen molar-refractivity contribution in [3.8, 4) is 17.2 Å². The number of para-hydroxylation sites is 1. The fourth-order valence-corrected chi connectivity index (χ4v) is 2.54. The Hall–Kier alpha value is -3.22. The van der Waals surface area contributed by atoms with Crippen molar-refractivity contribution in [2.45, 2.75) is 13.0 Å². The minimum atomic E-state index is -1.08. The van der Waals surface area contributed by atoms with Crippen LogP contribution in [-0.4, -0.2) is 36.8 Å². The van der Waals surface area contributed by atoms with Crippen LogP contribution < -0.4 is 19.5 Å². The van der Waals surface area contributed by atoms with Crippen molar-refractivity contribution in [1.82, 2.24) is 5.32 Å². The SMILES string of the molecule is O=C(O)COc1cccc(C(=O)NCc2cccc3c2OCCCO3)c1. The van der Waals surface area contributed by atoms with Gasteiger partial charge in [-0.3, -0.25) is 4.79 Å². The molecule has 3 rings (SSSR count). The third-order valence-electron chi connectivity index (χ3n) is 3.75. The van der Waals surface area contributed by atoms with Crippen LogP contribution in [0, 0.1) is 0 Å². The van der Waals surface area contributed by atoms with Gasteiger partial charge in [0.2, 0.25) is 0 Å². The first-order valence-corrected chi connectivity index (χ1v) is 8.24. The number of hydrogen-bond donors (Lipinski definition) is 2. The third-order valence-corrected chi connectivity index (χ3v) is 3.75. The van der Waals surface area contributed by atoms with Crippen molar-refractivity contribution in [2.75, 3.05) is 19.8 Å². The molecule has 2 aromatic rings. The van der Waals surface area contributed by atoms with Crippen LogP contribution in [0.2, 0.25) is 0 Å². The number of fused-ring (bicyclic) bond motifs is 1. The Balaban J connectivity index is 1.66. The first kappa shape index (κ1) is 17.6. The molecule has 2 aromatic carbocycles. The summed E-state index contributed by atoms with van der Waals surface area (Å²) in [4.78, 5) is 23.0. The van der Waals surface area contributed by atoms with Crippen molar-refractivity contribution in [1.29, 1.82) is 0 Å². The molecule has 2 N–H and O–H groups in total. The van der Waals surface area contributed by atoms with E-state index in [-0.39, 0.29) is 12.5 Å². The molecule has 7 heteroatoms. The number of amides is 1. The van der Waals surface area contributed by atoms with E-state index in [1.54, 1.807) is 18.2 Å². The van der Waals surface area contributed by atoms with Crippen LogP contribution in [0.4, 0.5) is 0 Å². The van der Waals surface area contributed by atoms with E-state index in [0.29, 0.717) is 36.0 Å². The highest BCUT2D eigenvalue weighted by Gasteiger charge is 2.15. The van der Waals surface area contributed by atoms with Crippen molar-refractivity contribution in [3.05, 3.63) is 53.6 Å². The highest BCUT2D eigenvalue weighted by atomic mass is 16.5. The quantitative estimate of drug-likeness (QED) is 0.823. The molecule has 0 fully saturated rings. The van der Waals surface area contributed by atoms with Crippen LogP contribution in [0.3, 0.4) is 0 Å². The molecule has 0 aliphatic carbocycles. The molecular formula is C19H19NO6. The maximum Gasteiger partial charge on any atom is 0.341 e. The predicted octanol–water partition coefficient (Wildman–Crippen LogP) is 2.24. The summed E-state index contributed by atoms with van der Waals surface area (Å²) in [6, 6.07) is 11.9. The zero-order chi connectivity index (χ0) is 18.4. The van der Waals surface area contributed by atoms with Gasteiger partial charge >= 0.3 is 5.97 Å². The smallest absolute Gasteiger partial charge is 0.341 e. The minimum absolute atomic E-state index is 0.283. The van der Waals surface area contributed by atoms with E-state index in [0.717, 1.165) is 12.0 Å². The lowest BCUT2D eigenvalue weighted by Crippen LogP contribution is -2.23. The summed E-state index contributed by atoms with van der Waals surface area (Å²) in [6.07, 6.45) is 0.809. The van der Waals surface area contributed by atoms with E-state index in [9.17, 15) is 9.59 Å². The first-order valence-electron chi connectivity index (χ1n) is 8.24. The maximum atomic E-state index is 12.4. The lowest BCUT2D eigenvalue weighted by Gasteiger charge is -2.13. The number of benzene rings is 2. The van der Waals surface area contributed by atoms with E-state index in [1.165, 1.54) is 6.07 Å². The fourth-order valence-electron chi connectivity index (χ4n) is 2.54. The van der Waals surface area contributed by atoms with Gasteiger partial charge in [0.25, 0.3) is 5.91 Å². The normalized spacial score (nSPS) is 12.8. The Kier molecular flexibility index (Phi) is 5.58. The molecule has 0 radical (unpaired) electrons. The second-order valence-corrected chi connectivity index (χ2v) is 5.69. The molecule has 7 nitrogen and oxygen atoms in total. The number of carbonyl (C=O) groups is 2. The second-order valence-electron chi connectivity index (χ2n) is 5.69. The van der Waals surface area contributed by atoms with Crippen molar-refractivity contribution >= 4 is 11.9 Å². The number of ether oxygens (including phenoxy) is 3. The lowest BCUT2D eigenvalue weighted by molar-refractivity contribution is -0.139. The average Bonchev–Trinajstić information content (AvgIpc) is 2.90. The van der Waals surface area contributed by atoms with Crippen LogP contribution in [-0.2, 0) is 11.3 Å². The van der Waals surface area contributed by atoms with Crippen LogP contribution >= 0.6 is 0 Å². The zero-order valence-electron chi connectivity index (χ0n) is 14.1. The van der Waals surface area contributed by atoms with Crippen molar-refractivity contribution in [2.24, 2.45) is 0 Å². The molecule has 1 aliphatic rings. The van der Waals surface area contributed by atoms with Gasteiger partial charge in [0.05, 0.1) is 13.2 Å². The average molecular weight is 357 g/mol. The third kappa shape index (κ3) is 4.44. The molecule has 1 heterocycles. The van der Waals surface area contributed by atoms with Crippen LogP contribution in [0.1, 0.15) is 22.3 Å². The van der Waals surface area contributed by atoms with Gasteiger partial charge in [-0.15, -0.1) is 0 Å². The van der Waals surface area contributed by atoms with E-state index in [2.05, 4.69) is 5.32 Å². The largest absolute Gasteiger partial charge is 0.490 e. The molecule has 0 unspecified atom stereocenters. The zero-order valence-corrected chi connectivity index (χ0v) is 14.1. The maximum absolute atomic E-state index is 12.4. The molecule has 0 saturated carbocycles. The van der Waals surface area contributed by atoms with Gasteiger partial charge in [-0.2, -0.15) is 0 Å². The topological polar surface area (TPSA) is 94.1 Å². The highest BCUT2D eigenvalue weighted by molar-refractivity contribution is 5.94. The number of carboxylic acids is 1. The molecule has 26 heavy (non-hydrogen) atoms. The summed E-state index contributed by atoms with van der Waals surface area (Å²) in [5.74, 6) is 0.289. The van der Waals surface area contributed by atoms with Gasteiger partial charge in [0.15, 0.2) is 18.1 Å². The van der Waals surface area contributed by atoms with Crippen molar-refractivity contribution < 1.29 is 28.9 Å². The summed E-state index contributed by atoms with van der Waals surface area (Å²) >= 11 is 0. The van der Waals surface area contributed by atoms with Crippen molar-refractivity contribution in [3.63, 3.8) is 0 Å². The number of nitrogens with one attached hydrogen (secondary N) is 1. The van der Waals surface area contributed by atoms with Crippen LogP contribution in [0.15, 0.2) is 42.5 Å². The molecule has 0 spiro atoms. The lowest BCUT2D eigenvalue weighted by atomic mass is 10.1. The molecule has 0 aromatic heterocycles. The second kappa shape index (κ2) is 8.24. The van der Waals surface area contributed by atoms with E-state index in [1.807, 2.05) is 18.2 Å². The number of aliphatic carboxylic acids is 1. The first-order chi connectivity index (χ1) is 12.6. The number of carboxylic acid groups (broad SMARTS) is 1. The molecule has 0 bridgehead atoms. The minimum Gasteiger partial charge on any atom is -0.490 e. The van der Waals surface area contributed by atoms with E-state index in [4.69, 9.17) is 19.3 Å². The molecular weight excluding hydrogens is 338 g/mol. The van der Waals surface area contributed by atoms with Gasteiger partial charge in [0, 0.05) is 24.1 Å². The summed E-state index contributed by atoms with van der Waals surface area (Å²) in [6.45, 7) is 0.997. The van der Waals surface area contributed by atoms with Crippen LogP contribution in [0.5, 0.6) is 17.2 Å². The van der Waals surface area contributed by atoms with Crippen LogP contribution in [0.25, 0.3) is 0 Å². The monoisotopic (exact) mass is 357 g/mol. The highest BCUT2D eigenvalue weighted by Crippen LogP contribution is 2.33. The van der Waals surface area contributed by atoms with Gasteiger partial charge in [-0.05, 0) is 24.3 Å². The fraction of sp³-hybridized carbons (Fsp3) is 0.263. The summed E-state index contributed by atoms with van der Waals surface area (Å²) in [5, 5.41) is 11.5.